The number of nitro groups is 1. The molecule has 1 aliphatic heterocycles. The molecule has 0 spiro atoms. The van der Waals surface area contributed by atoms with Crippen molar-refractivity contribution in [3.63, 3.8) is 0 Å². The van der Waals surface area contributed by atoms with E-state index in [1.165, 1.54) is 29.2 Å². The van der Waals surface area contributed by atoms with Crippen LogP contribution in [0.1, 0.15) is 62.4 Å². The van der Waals surface area contributed by atoms with E-state index in [-0.39, 0.29) is 29.6 Å². The van der Waals surface area contributed by atoms with Gasteiger partial charge in [0.05, 0.1) is 17.0 Å². The van der Waals surface area contributed by atoms with E-state index in [2.05, 4.69) is 13.8 Å². The lowest BCUT2D eigenvalue weighted by Gasteiger charge is -2.33. The Balaban J connectivity index is 1.94. The van der Waals surface area contributed by atoms with Crippen molar-refractivity contribution >= 4 is 29.1 Å². The average molecular weight is 437 g/mol. The van der Waals surface area contributed by atoms with Gasteiger partial charge < -0.3 is 4.90 Å². The van der Waals surface area contributed by atoms with Gasteiger partial charge in [0.2, 0.25) is 5.91 Å². The van der Waals surface area contributed by atoms with E-state index in [1.54, 1.807) is 19.1 Å². The molecule has 2 aromatic carbocycles. The summed E-state index contributed by atoms with van der Waals surface area (Å²) in [6.07, 6.45) is 0.428. The molecule has 0 radical (unpaired) electrons. The van der Waals surface area contributed by atoms with Crippen LogP contribution in [0.4, 0.5) is 11.4 Å². The fourth-order valence-electron chi connectivity index (χ4n) is 3.86. The molecule has 0 aromatic heterocycles. The van der Waals surface area contributed by atoms with Crippen LogP contribution in [-0.4, -0.2) is 39.6 Å². The summed E-state index contributed by atoms with van der Waals surface area (Å²) < 4.78 is 0. The van der Waals surface area contributed by atoms with Crippen molar-refractivity contribution in [2.24, 2.45) is 0 Å². The number of anilines is 1. The van der Waals surface area contributed by atoms with E-state index < -0.39 is 22.8 Å². The van der Waals surface area contributed by atoms with Crippen molar-refractivity contribution < 1.29 is 19.3 Å². The highest BCUT2D eigenvalue weighted by Crippen LogP contribution is 2.30. The van der Waals surface area contributed by atoms with E-state index in [4.69, 9.17) is 0 Å². The van der Waals surface area contributed by atoms with Gasteiger partial charge in [-0.15, -0.1) is 0 Å². The topological polar surface area (TPSA) is 101 Å². The number of benzene rings is 2. The zero-order chi connectivity index (χ0) is 23.6. The predicted octanol–water partition coefficient (Wildman–Crippen LogP) is 4.29. The molecule has 1 saturated heterocycles. The Morgan fingerprint density at radius 3 is 2.38 bits per heavy atom. The van der Waals surface area contributed by atoms with E-state index in [0.717, 1.165) is 10.5 Å². The third-order valence-electron chi connectivity index (χ3n) is 5.88. The lowest BCUT2D eigenvalue weighted by Crippen LogP contribution is -2.49. The monoisotopic (exact) mass is 437 g/mol. The molecule has 0 N–H and O–H groups in total. The highest BCUT2D eigenvalue weighted by molar-refractivity contribution is 6.23. The molecule has 2 atom stereocenters. The first kappa shape index (κ1) is 23.1. The van der Waals surface area contributed by atoms with Crippen molar-refractivity contribution in [2.75, 3.05) is 4.90 Å². The summed E-state index contributed by atoms with van der Waals surface area (Å²) in [5, 5.41) is 11.1. The molecular weight excluding hydrogens is 410 g/mol. The van der Waals surface area contributed by atoms with Crippen LogP contribution in [0, 0.1) is 10.1 Å². The molecule has 8 heteroatoms. The third kappa shape index (κ3) is 4.39. The minimum Gasteiger partial charge on any atom is -0.323 e. The molecule has 1 fully saturated rings. The fourth-order valence-corrected chi connectivity index (χ4v) is 3.86. The molecule has 3 rings (SSSR count). The summed E-state index contributed by atoms with van der Waals surface area (Å²) in [6, 6.07) is 11.4. The van der Waals surface area contributed by atoms with Crippen molar-refractivity contribution in [1.82, 2.24) is 4.90 Å². The first-order valence-corrected chi connectivity index (χ1v) is 10.7. The van der Waals surface area contributed by atoms with Crippen LogP contribution in [0.15, 0.2) is 48.5 Å². The number of amides is 3. The van der Waals surface area contributed by atoms with Gasteiger partial charge in [0, 0.05) is 23.7 Å². The number of carbonyl (C=O) groups is 3. The summed E-state index contributed by atoms with van der Waals surface area (Å²) in [5.74, 6) is -1.04. The molecule has 2 unspecified atom stereocenters. The van der Waals surface area contributed by atoms with Crippen molar-refractivity contribution in [2.45, 2.75) is 58.5 Å². The van der Waals surface area contributed by atoms with Crippen molar-refractivity contribution in [3.8, 4) is 0 Å². The first-order chi connectivity index (χ1) is 15.1. The lowest BCUT2D eigenvalue weighted by atomic mass is 10.0. The Morgan fingerprint density at radius 1 is 1.16 bits per heavy atom. The zero-order valence-corrected chi connectivity index (χ0v) is 18.6. The van der Waals surface area contributed by atoms with E-state index in [9.17, 15) is 24.5 Å². The maximum Gasteiger partial charge on any atom is 0.270 e. The van der Waals surface area contributed by atoms with Gasteiger partial charge in [-0.25, -0.2) is 4.90 Å². The molecule has 168 valence electrons. The van der Waals surface area contributed by atoms with Crippen LogP contribution in [0.5, 0.6) is 0 Å². The lowest BCUT2D eigenvalue weighted by molar-refractivity contribution is -0.384. The van der Waals surface area contributed by atoms with Crippen molar-refractivity contribution in [3.05, 3.63) is 69.8 Å². The number of rotatable bonds is 7. The predicted molar refractivity (Wildman–Crippen MR) is 120 cm³/mol. The summed E-state index contributed by atoms with van der Waals surface area (Å²) in [6.45, 7) is 7.79. The van der Waals surface area contributed by atoms with Crippen LogP contribution in [-0.2, 0) is 9.59 Å². The summed E-state index contributed by atoms with van der Waals surface area (Å²) >= 11 is 0. The quantitative estimate of drug-likeness (QED) is 0.365. The van der Waals surface area contributed by atoms with Gasteiger partial charge in [0.15, 0.2) is 0 Å². The standard InChI is InChI=1S/C24H27N3O5/c1-5-16(4)25(23(29)18-7-6-8-20(13-18)27(31)32)21-14-22(28)26(24(21)30)19-11-9-17(10-12-19)15(2)3/h6-13,15-16,21H,5,14H2,1-4H3. The SMILES string of the molecule is CCC(C)N(C(=O)c1cccc([N+](=O)[O-])c1)C1CC(=O)N(c2ccc(C(C)C)cc2)C1=O. The highest BCUT2D eigenvalue weighted by Gasteiger charge is 2.45. The Kier molecular flexibility index (Phi) is 6.72. The number of nitrogens with zero attached hydrogens (tertiary/aromatic N) is 3. The second-order valence-electron chi connectivity index (χ2n) is 8.31. The van der Waals surface area contributed by atoms with Crippen LogP contribution >= 0.6 is 0 Å². The normalized spacial score (nSPS) is 17.0. The fraction of sp³-hybridized carbons (Fsp3) is 0.375. The molecule has 0 saturated carbocycles. The Labute approximate surface area is 187 Å². The van der Waals surface area contributed by atoms with Crippen molar-refractivity contribution in [1.29, 1.82) is 0 Å². The molecule has 32 heavy (non-hydrogen) atoms. The second-order valence-corrected chi connectivity index (χ2v) is 8.31. The van der Waals surface area contributed by atoms with Crippen LogP contribution in [0.2, 0.25) is 0 Å². The third-order valence-corrected chi connectivity index (χ3v) is 5.88. The van der Waals surface area contributed by atoms with E-state index in [1.807, 2.05) is 19.1 Å². The Morgan fingerprint density at radius 2 is 1.81 bits per heavy atom. The molecular formula is C24H27N3O5. The maximum absolute atomic E-state index is 13.3. The summed E-state index contributed by atoms with van der Waals surface area (Å²) in [7, 11) is 0. The Bertz CT molecular complexity index is 1050. The average Bonchev–Trinajstić information content (AvgIpc) is 3.07. The molecule has 3 amide bonds. The van der Waals surface area contributed by atoms with Crippen LogP contribution < -0.4 is 4.90 Å². The number of hydrogen-bond donors (Lipinski definition) is 0. The molecule has 0 bridgehead atoms. The summed E-state index contributed by atoms with van der Waals surface area (Å²) in [4.78, 5) is 52.5. The smallest absolute Gasteiger partial charge is 0.270 e. The van der Waals surface area contributed by atoms with E-state index in [0.29, 0.717) is 18.0 Å². The minimum absolute atomic E-state index is 0.111. The van der Waals surface area contributed by atoms with Gasteiger partial charge in [-0.3, -0.25) is 24.5 Å². The van der Waals surface area contributed by atoms with Gasteiger partial charge in [-0.1, -0.05) is 39.0 Å². The maximum atomic E-state index is 13.3. The van der Waals surface area contributed by atoms with Gasteiger partial charge in [0.25, 0.3) is 17.5 Å². The number of carbonyl (C=O) groups excluding carboxylic acids is 3. The molecule has 2 aromatic rings. The molecule has 0 aliphatic carbocycles. The van der Waals surface area contributed by atoms with Crippen LogP contribution in [0.25, 0.3) is 0 Å². The largest absolute Gasteiger partial charge is 0.323 e. The van der Waals surface area contributed by atoms with Crippen LogP contribution in [0.3, 0.4) is 0 Å². The summed E-state index contributed by atoms with van der Waals surface area (Å²) in [5.41, 5.74) is 1.46. The van der Waals surface area contributed by atoms with Gasteiger partial charge in [-0.2, -0.15) is 0 Å². The Hall–Kier alpha value is -3.55. The van der Waals surface area contributed by atoms with Gasteiger partial charge in [0.1, 0.15) is 6.04 Å². The first-order valence-electron chi connectivity index (χ1n) is 10.7. The number of imide groups is 1. The number of non-ortho nitro benzene ring substituents is 1. The molecule has 1 aliphatic rings. The molecule has 8 nitrogen and oxygen atoms in total. The second kappa shape index (κ2) is 9.30. The minimum atomic E-state index is -0.964. The van der Waals surface area contributed by atoms with E-state index >= 15 is 0 Å². The molecule has 1 heterocycles. The van der Waals surface area contributed by atoms with Gasteiger partial charge in [-0.05, 0) is 43.0 Å². The highest BCUT2D eigenvalue weighted by atomic mass is 16.6. The van der Waals surface area contributed by atoms with Gasteiger partial charge >= 0.3 is 0 Å². The number of nitro benzene ring substituents is 1. The zero-order valence-electron chi connectivity index (χ0n) is 18.6. The number of hydrogen-bond acceptors (Lipinski definition) is 5.